The van der Waals surface area contributed by atoms with Gasteiger partial charge in [-0.1, -0.05) is 13.8 Å². The van der Waals surface area contributed by atoms with Crippen LogP contribution in [-0.4, -0.2) is 45.7 Å². The van der Waals surface area contributed by atoms with E-state index in [-0.39, 0.29) is 12.3 Å². The normalized spacial score (nSPS) is 38.6. The van der Waals surface area contributed by atoms with E-state index in [1.54, 1.807) is 0 Å². The number of hydrogen-bond donors (Lipinski definition) is 3. The van der Waals surface area contributed by atoms with Gasteiger partial charge in [-0.15, -0.1) is 0 Å². The van der Waals surface area contributed by atoms with E-state index in [4.69, 9.17) is 9.84 Å². The molecule has 1 aliphatic rings. The van der Waals surface area contributed by atoms with Crippen molar-refractivity contribution in [2.75, 3.05) is 0 Å². The van der Waals surface area contributed by atoms with E-state index in [9.17, 15) is 15.0 Å². The summed E-state index contributed by atoms with van der Waals surface area (Å²) in [6, 6.07) is 0. The van der Waals surface area contributed by atoms with Crippen molar-refractivity contribution in [2.24, 2.45) is 5.92 Å². The van der Waals surface area contributed by atoms with Crippen LogP contribution in [0.4, 0.5) is 0 Å². The van der Waals surface area contributed by atoms with Crippen LogP contribution in [0.2, 0.25) is 0 Å². The molecule has 1 saturated heterocycles. The van der Waals surface area contributed by atoms with Gasteiger partial charge in [0.2, 0.25) is 0 Å². The van der Waals surface area contributed by atoms with E-state index in [1.165, 1.54) is 0 Å². The average Bonchev–Trinajstić information content (AvgIpc) is 2.08. The van der Waals surface area contributed by atoms with Gasteiger partial charge in [-0.2, -0.15) is 0 Å². The van der Waals surface area contributed by atoms with Crippen molar-refractivity contribution in [1.82, 2.24) is 0 Å². The summed E-state index contributed by atoms with van der Waals surface area (Å²) in [5, 5.41) is 27.7. The Balaban J connectivity index is 2.71. The van der Waals surface area contributed by atoms with Gasteiger partial charge < -0.3 is 20.1 Å². The number of carboxylic acids is 1. The standard InChI is InChI=1S/C9H16O5/c1-4(2)8-7(11)5(10)3-6(14-8)9(12)13/h4-8,10-11H,3H2,1-2H3,(H,12,13)/t5-,6-,7+,8?/m0/s1. The first-order valence-electron chi connectivity index (χ1n) is 4.68. The molecule has 82 valence electrons. The fourth-order valence-corrected chi connectivity index (χ4v) is 1.61. The molecular weight excluding hydrogens is 188 g/mol. The van der Waals surface area contributed by atoms with Crippen LogP contribution in [-0.2, 0) is 9.53 Å². The third-order valence-corrected chi connectivity index (χ3v) is 2.44. The van der Waals surface area contributed by atoms with Gasteiger partial charge in [0.25, 0.3) is 0 Å². The van der Waals surface area contributed by atoms with E-state index in [2.05, 4.69) is 0 Å². The number of aliphatic hydroxyl groups is 2. The molecule has 0 radical (unpaired) electrons. The first-order chi connectivity index (χ1) is 6.43. The van der Waals surface area contributed by atoms with Crippen LogP contribution in [0.1, 0.15) is 20.3 Å². The molecule has 0 bridgehead atoms. The number of hydrogen-bond acceptors (Lipinski definition) is 4. The minimum absolute atomic E-state index is 0.0261. The summed E-state index contributed by atoms with van der Waals surface area (Å²) in [5.41, 5.74) is 0. The van der Waals surface area contributed by atoms with Crippen LogP contribution in [0.5, 0.6) is 0 Å². The Hall–Kier alpha value is -0.650. The predicted octanol–water partition coefficient (Wildman–Crippen LogP) is -0.394. The maximum absolute atomic E-state index is 10.7. The van der Waals surface area contributed by atoms with Gasteiger partial charge in [0.1, 0.15) is 6.10 Å². The van der Waals surface area contributed by atoms with Crippen molar-refractivity contribution in [1.29, 1.82) is 0 Å². The largest absolute Gasteiger partial charge is 0.479 e. The minimum atomic E-state index is -1.10. The highest BCUT2D eigenvalue weighted by Crippen LogP contribution is 2.25. The second-order valence-electron chi connectivity index (χ2n) is 3.97. The summed E-state index contributed by atoms with van der Waals surface area (Å²) in [6.07, 6.45) is -3.69. The lowest BCUT2D eigenvalue weighted by Gasteiger charge is -2.37. The number of rotatable bonds is 2. The predicted molar refractivity (Wildman–Crippen MR) is 47.8 cm³/mol. The highest BCUT2D eigenvalue weighted by molar-refractivity contribution is 5.72. The van der Waals surface area contributed by atoms with Gasteiger partial charge >= 0.3 is 5.97 Å². The van der Waals surface area contributed by atoms with Gasteiger partial charge in [-0.05, 0) is 5.92 Å². The fraction of sp³-hybridized carbons (Fsp3) is 0.889. The average molecular weight is 204 g/mol. The van der Waals surface area contributed by atoms with Crippen molar-refractivity contribution in [3.05, 3.63) is 0 Å². The highest BCUT2D eigenvalue weighted by atomic mass is 16.5. The summed E-state index contributed by atoms with van der Waals surface area (Å²) in [7, 11) is 0. The molecule has 1 heterocycles. The van der Waals surface area contributed by atoms with Crippen molar-refractivity contribution in [3.63, 3.8) is 0 Å². The highest BCUT2D eigenvalue weighted by Gasteiger charge is 2.40. The lowest BCUT2D eigenvalue weighted by molar-refractivity contribution is -0.197. The third-order valence-electron chi connectivity index (χ3n) is 2.44. The molecule has 1 rings (SSSR count). The number of aliphatic hydroxyl groups excluding tert-OH is 2. The Bertz CT molecular complexity index is 215. The van der Waals surface area contributed by atoms with E-state index in [0.29, 0.717) is 0 Å². The third kappa shape index (κ3) is 2.23. The SMILES string of the molecule is CC(C)C1O[C@H](C(=O)O)C[C@H](O)[C@H]1O. The quantitative estimate of drug-likeness (QED) is 0.570. The van der Waals surface area contributed by atoms with Crippen molar-refractivity contribution in [2.45, 2.75) is 44.7 Å². The van der Waals surface area contributed by atoms with Crippen LogP contribution in [0.15, 0.2) is 0 Å². The van der Waals surface area contributed by atoms with Crippen LogP contribution in [0, 0.1) is 5.92 Å². The van der Waals surface area contributed by atoms with Crippen molar-refractivity contribution < 1.29 is 24.9 Å². The smallest absolute Gasteiger partial charge is 0.332 e. The molecule has 0 aliphatic carbocycles. The molecule has 4 atom stereocenters. The summed E-state index contributed by atoms with van der Waals surface area (Å²) < 4.78 is 5.18. The Labute approximate surface area is 82.3 Å². The Morgan fingerprint density at radius 3 is 2.43 bits per heavy atom. The van der Waals surface area contributed by atoms with Crippen molar-refractivity contribution >= 4 is 5.97 Å². The molecule has 3 N–H and O–H groups in total. The molecule has 0 aromatic carbocycles. The second-order valence-corrected chi connectivity index (χ2v) is 3.97. The molecule has 1 aliphatic heterocycles. The van der Waals surface area contributed by atoms with Gasteiger partial charge in [0.05, 0.1) is 12.2 Å². The number of carbonyl (C=O) groups is 1. The lowest BCUT2D eigenvalue weighted by atomic mass is 9.91. The topological polar surface area (TPSA) is 87.0 Å². The molecule has 1 fully saturated rings. The van der Waals surface area contributed by atoms with Gasteiger partial charge in [-0.3, -0.25) is 0 Å². The molecule has 0 amide bonds. The van der Waals surface area contributed by atoms with Crippen LogP contribution < -0.4 is 0 Å². The summed E-state index contributed by atoms with van der Waals surface area (Å²) >= 11 is 0. The fourth-order valence-electron chi connectivity index (χ4n) is 1.61. The minimum Gasteiger partial charge on any atom is -0.479 e. The molecule has 5 heteroatoms. The zero-order valence-electron chi connectivity index (χ0n) is 8.25. The van der Waals surface area contributed by atoms with E-state index in [1.807, 2.05) is 13.8 Å². The van der Waals surface area contributed by atoms with Crippen LogP contribution in [0.3, 0.4) is 0 Å². The van der Waals surface area contributed by atoms with Gasteiger partial charge in [0, 0.05) is 6.42 Å². The Morgan fingerprint density at radius 2 is 2.00 bits per heavy atom. The summed E-state index contributed by atoms with van der Waals surface area (Å²) in [6.45, 7) is 3.62. The first kappa shape index (κ1) is 11.4. The molecule has 0 saturated carbocycles. The molecular formula is C9H16O5. The van der Waals surface area contributed by atoms with Crippen LogP contribution in [0.25, 0.3) is 0 Å². The van der Waals surface area contributed by atoms with E-state index < -0.39 is 30.4 Å². The van der Waals surface area contributed by atoms with Crippen molar-refractivity contribution in [3.8, 4) is 0 Å². The lowest BCUT2D eigenvalue weighted by Crippen LogP contribution is -2.52. The molecule has 0 aromatic heterocycles. The number of carboxylic acid groups (broad SMARTS) is 1. The Kier molecular flexibility index (Phi) is 3.47. The zero-order valence-corrected chi connectivity index (χ0v) is 8.25. The van der Waals surface area contributed by atoms with E-state index in [0.717, 1.165) is 0 Å². The second kappa shape index (κ2) is 4.25. The molecule has 0 aromatic rings. The maximum atomic E-state index is 10.7. The maximum Gasteiger partial charge on any atom is 0.332 e. The van der Waals surface area contributed by atoms with Gasteiger partial charge in [0.15, 0.2) is 6.10 Å². The summed E-state index contributed by atoms with van der Waals surface area (Å²) in [4.78, 5) is 10.7. The molecule has 0 spiro atoms. The first-order valence-corrected chi connectivity index (χ1v) is 4.68. The number of ether oxygens (including phenoxy) is 1. The van der Waals surface area contributed by atoms with E-state index >= 15 is 0 Å². The van der Waals surface area contributed by atoms with Crippen LogP contribution >= 0.6 is 0 Å². The number of aliphatic carboxylic acids is 1. The summed E-state index contributed by atoms with van der Waals surface area (Å²) in [5.74, 6) is -1.12. The molecule has 14 heavy (non-hydrogen) atoms. The zero-order chi connectivity index (χ0) is 10.9. The monoisotopic (exact) mass is 204 g/mol. The Morgan fingerprint density at radius 1 is 1.43 bits per heavy atom. The van der Waals surface area contributed by atoms with Gasteiger partial charge in [-0.25, -0.2) is 4.79 Å². The molecule has 1 unspecified atom stereocenters. The molecule has 5 nitrogen and oxygen atoms in total.